The van der Waals surface area contributed by atoms with Gasteiger partial charge in [0.1, 0.15) is 12.6 Å². The summed E-state index contributed by atoms with van der Waals surface area (Å²) in [5.41, 5.74) is 1.82. The monoisotopic (exact) mass is 727 g/mol. The molecule has 0 aliphatic rings. The summed E-state index contributed by atoms with van der Waals surface area (Å²) in [5, 5.41) is 3.25. The molecule has 0 aliphatic carbocycles. The largest absolute Gasteiger partial charge is 0.493 e. The number of sulfonamides is 1. The molecule has 0 aromatic heterocycles. The van der Waals surface area contributed by atoms with E-state index in [-0.39, 0.29) is 35.2 Å². The number of amides is 2. The second kappa shape index (κ2) is 16.0. The second-order valence-corrected chi connectivity index (χ2v) is 13.5. The van der Waals surface area contributed by atoms with Gasteiger partial charge in [0.25, 0.3) is 10.0 Å². The van der Waals surface area contributed by atoms with E-state index in [4.69, 9.17) is 21.1 Å². The maximum absolute atomic E-state index is 14.5. The maximum atomic E-state index is 14.5. The number of halogens is 2. The fourth-order valence-electron chi connectivity index (χ4n) is 4.92. The third-order valence-electron chi connectivity index (χ3n) is 7.20. The smallest absolute Gasteiger partial charge is 0.264 e. The van der Waals surface area contributed by atoms with Gasteiger partial charge in [0, 0.05) is 35.1 Å². The number of hydrogen-bond donors (Lipinski definition) is 1. The lowest BCUT2D eigenvalue weighted by Crippen LogP contribution is -2.53. The molecule has 9 nitrogen and oxygen atoms in total. The first-order valence-corrected chi connectivity index (χ1v) is 17.0. The number of benzene rings is 4. The van der Waals surface area contributed by atoms with Crippen LogP contribution in [-0.2, 0) is 32.6 Å². The lowest BCUT2D eigenvalue weighted by molar-refractivity contribution is -0.140. The topological polar surface area (TPSA) is 105 Å². The Morgan fingerprint density at radius 3 is 2.17 bits per heavy atom. The lowest BCUT2D eigenvalue weighted by Gasteiger charge is -2.34. The number of anilines is 1. The molecule has 4 rings (SSSR count). The fourth-order valence-corrected chi connectivity index (χ4v) is 6.92. The van der Waals surface area contributed by atoms with E-state index < -0.39 is 28.5 Å². The number of nitrogens with zero attached hydrogens (tertiary/aromatic N) is 2. The highest BCUT2D eigenvalue weighted by Gasteiger charge is 2.35. The van der Waals surface area contributed by atoms with E-state index in [0.29, 0.717) is 17.3 Å². The molecule has 1 atom stereocenters. The van der Waals surface area contributed by atoms with Gasteiger partial charge in [0.15, 0.2) is 11.5 Å². The summed E-state index contributed by atoms with van der Waals surface area (Å²) in [5.74, 6) is -0.371. The van der Waals surface area contributed by atoms with Gasteiger partial charge in [-0.25, -0.2) is 8.42 Å². The standard InChI is InChI=1S/C34H35BrClN3O6S/c1-4-37-34(41)30(20-24-9-6-5-7-10-24)38(22-25-11-8-12-26(35)19-25)33(40)23-39(28-15-13-27(36)14-16-28)46(42,43)29-17-18-31(44-2)32(21-29)45-3/h5-19,21,30H,4,20,22-23H2,1-3H3,(H,37,41)/t30-/m1/s1. The van der Waals surface area contributed by atoms with Gasteiger partial charge in [-0.3, -0.25) is 13.9 Å². The molecular weight excluding hydrogens is 694 g/mol. The second-order valence-electron chi connectivity index (χ2n) is 10.3. The van der Waals surface area contributed by atoms with E-state index in [1.165, 1.54) is 49.5 Å². The number of hydrogen-bond acceptors (Lipinski definition) is 6. The van der Waals surface area contributed by atoms with Gasteiger partial charge in [-0.2, -0.15) is 0 Å². The van der Waals surface area contributed by atoms with Gasteiger partial charge in [0.05, 0.1) is 24.8 Å². The van der Waals surface area contributed by atoms with Crippen LogP contribution in [0.3, 0.4) is 0 Å². The number of carbonyl (C=O) groups is 2. The summed E-state index contributed by atoms with van der Waals surface area (Å²) < 4.78 is 41.0. The quantitative estimate of drug-likeness (QED) is 0.169. The molecule has 0 aliphatic heterocycles. The Morgan fingerprint density at radius 2 is 1.54 bits per heavy atom. The van der Waals surface area contributed by atoms with Crippen molar-refractivity contribution in [3.8, 4) is 11.5 Å². The van der Waals surface area contributed by atoms with Crippen LogP contribution in [0, 0.1) is 0 Å². The predicted octanol–water partition coefficient (Wildman–Crippen LogP) is 6.09. The number of ether oxygens (including phenoxy) is 2. The number of methoxy groups -OCH3 is 2. The molecule has 12 heteroatoms. The molecule has 46 heavy (non-hydrogen) atoms. The zero-order chi connectivity index (χ0) is 33.3. The van der Waals surface area contributed by atoms with Crippen LogP contribution in [0.2, 0.25) is 5.02 Å². The van der Waals surface area contributed by atoms with Crippen LogP contribution < -0.4 is 19.1 Å². The van der Waals surface area contributed by atoms with Crippen molar-refractivity contribution in [3.05, 3.63) is 118 Å². The van der Waals surface area contributed by atoms with E-state index in [0.717, 1.165) is 19.9 Å². The molecule has 4 aromatic rings. The highest BCUT2D eigenvalue weighted by atomic mass is 79.9. The third kappa shape index (κ3) is 8.60. The van der Waals surface area contributed by atoms with E-state index in [1.54, 1.807) is 19.1 Å². The van der Waals surface area contributed by atoms with E-state index in [1.807, 2.05) is 54.6 Å². The molecule has 242 valence electrons. The first-order chi connectivity index (χ1) is 22.1. The van der Waals surface area contributed by atoms with Gasteiger partial charge in [-0.15, -0.1) is 0 Å². The van der Waals surface area contributed by atoms with Crippen molar-refractivity contribution in [2.24, 2.45) is 0 Å². The van der Waals surface area contributed by atoms with Gasteiger partial charge in [0.2, 0.25) is 11.8 Å². The molecular formula is C34H35BrClN3O6S. The highest BCUT2D eigenvalue weighted by Crippen LogP contribution is 2.33. The molecule has 0 saturated heterocycles. The van der Waals surface area contributed by atoms with E-state index in [9.17, 15) is 18.0 Å². The van der Waals surface area contributed by atoms with Crippen LogP contribution in [0.5, 0.6) is 11.5 Å². The number of carbonyl (C=O) groups excluding carboxylic acids is 2. The summed E-state index contributed by atoms with van der Waals surface area (Å²) in [7, 11) is -1.49. The third-order valence-corrected chi connectivity index (χ3v) is 9.72. The maximum Gasteiger partial charge on any atom is 0.264 e. The molecule has 0 bridgehead atoms. The normalized spacial score (nSPS) is 11.8. The molecule has 0 fully saturated rings. The van der Waals surface area contributed by atoms with Gasteiger partial charge in [-0.1, -0.05) is 70.0 Å². The highest BCUT2D eigenvalue weighted by molar-refractivity contribution is 9.10. The molecule has 0 spiro atoms. The van der Waals surface area contributed by atoms with E-state index >= 15 is 0 Å². The SMILES string of the molecule is CCNC(=O)[C@@H](Cc1ccccc1)N(Cc1cccc(Br)c1)C(=O)CN(c1ccc(Cl)cc1)S(=O)(=O)c1ccc(OC)c(OC)c1. The van der Waals surface area contributed by atoms with Crippen LogP contribution in [0.1, 0.15) is 18.1 Å². The Morgan fingerprint density at radius 1 is 0.870 bits per heavy atom. The zero-order valence-electron chi connectivity index (χ0n) is 25.7. The Balaban J connectivity index is 1.82. The fraction of sp³-hybridized carbons (Fsp3) is 0.235. The van der Waals surface area contributed by atoms with Crippen molar-refractivity contribution in [3.63, 3.8) is 0 Å². The average Bonchev–Trinajstić information content (AvgIpc) is 3.05. The molecule has 2 amide bonds. The van der Waals surface area contributed by atoms with Gasteiger partial charge >= 0.3 is 0 Å². The minimum absolute atomic E-state index is 0.0533. The van der Waals surface area contributed by atoms with Crippen molar-refractivity contribution in [2.75, 3.05) is 31.6 Å². The Hall–Kier alpha value is -4.06. The Kier molecular flexibility index (Phi) is 12.1. The molecule has 1 N–H and O–H groups in total. The number of nitrogens with one attached hydrogen (secondary N) is 1. The molecule has 0 saturated carbocycles. The minimum atomic E-state index is -4.35. The summed E-state index contributed by atoms with van der Waals surface area (Å²) in [4.78, 5) is 29.4. The first kappa shape index (κ1) is 34.8. The molecule has 0 unspecified atom stereocenters. The van der Waals surface area contributed by atoms with Crippen LogP contribution in [0.15, 0.2) is 106 Å². The molecule has 4 aromatic carbocycles. The van der Waals surface area contributed by atoms with Crippen LogP contribution in [-0.4, -0.2) is 58.5 Å². The van der Waals surface area contributed by atoms with Crippen molar-refractivity contribution >= 4 is 55.1 Å². The Labute approximate surface area is 283 Å². The number of likely N-dealkylation sites (N-methyl/N-ethyl adjacent to an activating group) is 1. The first-order valence-electron chi connectivity index (χ1n) is 14.4. The van der Waals surface area contributed by atoms with Crippen LogP contribution in [0.4, 0.5) is 5.69 Å². The van der Waals surface area contributed by atoms with Crippen molar-refractivity contribution in [2.45, 2.75) is 30.8 Å². The summed E-state index contributed by atoms with van der Waals surface area (Å²) in [6, 6.07) is 26.2. The van der Waals surface area contributed by atoms with Gasteiger partial charge in [-0.05, 0) is 66.6 Å². The van der Waals surface area contributed by atoms with Crippen molar-refractivity contribution in [1.82, 2.24) is 10.2 Å². The van der Waals surface area contributed by atoms with E-state index in [2.05, 4.69) is 21.2 Å². The molecule has 0 heterocycles. The predicted molar refractivity (Wildman–Crippen MR) is 183 cm³/mol. The average molecular weight is 729 g/mol. The minimum Gasteiger partial charge on any atom is -0.493 e. The van der Waals surface area contributed by atoms with Gasteiger partial charge < -0.3 is 19.7 Å². The summed E-state index contributed by atoms with van der Waals surface area (Å²) in [6.45, 7) is 1.61. The van der Waals surface area contributed by atoms with Crippen LogP contribution >= 0.6 is 27.5 Å². The molecule has 0 radical (unpaired) electrons. The summed E-state index contributed by atoms with van der Waals surface area (Å²) in [6.07, 6.45) is 0.218. The Bertz CT molecular complexity index is 1760. The number of rotatable bonds is 14. The van der Waals surface area contributed by atoms with Crippen molar-refractivity contribution in [1.29, 1.82) is 0 Å². The summed E-state index contributed by atoms with van der Waals surface area (Å²) >= 11 is 9.63. The van der Waals surface area contributed by atoms with Crippen LogP contribution in [0.25, 0.3) is 0 Å². The lowest BCUT2D eigenvalue weighted by atomic mass is 10.0. The zero-order valence-corrected chi connectivity index (χ0v) is 28.8. The van der Waals surface area contributed by atoms with Crippen molar-refractivity contribution < 1.29 is 27.5 Å².